The summed E-state index contributed by atoms with van der Waals surface area (Å²) in [4.78, 5) is 16.4. The molecule has 0 spiro atoms. The topological polar surface area (TPSA) is 85.8 Å². The van der Waals surface area contributed by atoms with E-state index in [-0.39, 0.29) is 5.91 Å². The van der Waals surface area contributed by atoms with Crippen molar-refractivity contribution in [2.45, 2.75) is 33.7 Å². The average molecular weight is 287 g/mol. The molecule has 6 nitrogen and oxygen atoms in total. The highest BCUT2D eigenvalue weighted by Gasteiger charge is 2.12. The third-order valence-corrected chi connectivity index (χ3v) is 3.61. The summed E-state index contributed by atoms with van der Waals surface area (Å²) >= 11 is 0. The van der Waals surface area contributed by atoms with E-state index in [1.165, 1.54) is 0 Å². The second kappa shape index (κ2) is 5.95. The number of amides is 1. The summed E-state index contributed by atoms with van der Waals surface area (Å²) in [5.74, 6) is 0.217. The van der Waals surface area contributed by atoms with Crippen LogP contribution < -0.4 is 11.1 Å². The van der Waals surface area contributed by atoms with E-state index in [2.05, 4.69) is 15.4 Å². The zero-order valence-electron chi connectivity index (χ0n) is 12.9. The minimum atomic E-state index is -0.151. The van der Waals surface area contributed by atoms with Gasteiger partial charge in [-0.2, -0.15) is 5.10 Å². The minimum absolute atomic E-state index is 0.151. The highest BCUT2D eigenvalue weighted by Crippen LogP contribution is 2.12. The van der Waals surface area contributed by atoms with Crippen LogP contribution in [-0.4, -0.2) is 20.7 Å². The third kappa shape index (κ3) is 3.21. The Morgan fingerprint density at radius 3 is 2.67 bits per heavy atom. The molecule has 3 N–H and O–H groups in total. The van der Waals surface area contributed by atoms with Crippen LogP contribution in [0.25, 0.3) is 0 Å². The quantitative estimate of drug-likeness (QED) is 0.892. The van der Waals surface area contributed by atoms with Crippen LogP contribution in [0.15, 0.2) is 12.1 Å². The molecule has 1 amide bonds. The van der Waals surface area contributed by atoms with E-state index in [0.717, 1.165) is 29.1 Å². The Labute approximate surface area is 124 Å². The van der Waals surface area contributed by atoms with Crippen molar-refractivity contribution in [3.63, 3.8) is 0 Å². The van der Waals surface area contributed by atoms with Gasteiger partial charge in [-0.25, -0.2) is 4.98 Å². The molecule has 0 atom stereocenters. The van der Waals surface area contributed by atoms with Gasteiger partial charge in [-0.05, 0) is 32.4 Å². The van der Waals surface area contributed by atoms with Crippen LogP contribution in [-0.2, 0) is 20.0 Å². The lowest BCUT2D eigenvalue weighted by molar-refractivity contribution is 0.0950. The van der Waals surface area contributed by atoms with Crippen LogP contribution in [0.3, 0.4) is 0 Å². The average Bonchev–Trinajstić information content (AvgIpc) is 2.69. The lowest BCUT2D eigenvalue weighted by atomic mass is 10.1. The molecule has 0 aliphatic carbocycles. The molecule has 112 valence electrons. The Balaban J connectivity index is 2.13. The number of nitrogen functional groups attached to an aromatic ring is 1. The van der Waals surface area contributed by atoms with Gasteiger partial charge in [-0.1, -0.05) is 6.92 Å². The molecular formula is C15H21N5O. The summed E-state index contributed by atoms with van der Waals surface area (Å²) in [7, 11) is 1.89. The molecular weight excluding hydrogens is 266 g/mol. The zero-order valence-corrected chi connectivity index (χ0v) is 12.9. The maximum Gasteiger partial charge on any atom is 0.251 e. The van der Waals surface area contributed by atoms with E-state index in [0.29, 0.717) is 17.9 Å². The normalized spacial score (nSPS) is 10.7. The summed E-state index contributed by atoms with van der Waals surface area (Å²) in [5.41, 5.74) is 10.1. The molecule has 6 heteroatoms. The van der Waals surface area contributed by atoms with Gasteiger partial charge in [0.2, 0.25) is 0 Å². The number of nitrogens with zero attached hydrogens (tertiary/aromatic N) is 3. The van der Waals surface area contributed by atoms with Crippen LogP contribution in [0.1, 0.15) is 39.9 Å². The Morgan fingerprint density at radius 1 is 1.38 bits per heavy atom. The van der Waals surface area contributed by atoms with Crippen molar-refractivity contribution < 1.29 is 4.79 Å². The number of nitrogens with two attached hydrogens (primary N) is 1. The summed E-state index contributed by atoms with van der Waals surface area (Å²) in [6.07, 6.45) is 0.742. The van der Waals surface area contributed by atoms with Gasteiger partial charge in [0.1, 0.15) is 5.82 Å². The molecule has 0 saturated heterocycles. The largest absolute Gasteiger partial charge is 0.384 e. The number of hydrogen-bond donors (Lipinski definition) is 2. The maximum absolute atomic E-state index is 12.2. The number of nitrogens with one attached hydrogen (secondary N) is 1. The summed E-state index contributed by atoms with van der Waals surface area (Å²) in [6.45, 7) is 6.36. The Hall–Kier alpha value is -2.37. The molecule has 0 bridgehead atoms. The first-order valence-corrected chi connectivity index (χ1v) is 6.96. The number of rotatable bonds is 4. The smallest absolute Gasteiger partial charge is 0.251 e. The molecule has 0 aliphatic heterocycles. The summed E-state index contributed by atoms with van der Waals surface area (Å²) < 4.78 is 1.82. The van der Waals surface area contributed by atoms with Gasteiger partial charge >= 0.3 is 0 Å². The molecule has 21 heavy (non-hydrogen) atoms. The fourth-order valence-corrected chi connectivity index (χ4v) is 2.27. The molecule has 2 rings (SSSR count). The number of pyridine rings is 1. The number of aryl methyl sites for hydroxylation is 3. The summed E-state index contributed by atoms with van der Waals surface area (Å²) in [6, 6.07) is 3.37. The highest BCUT2D eigenvalue weighted by molar-refractivity contribution is 5.94. The van der Waals surface area contributed by atoms with E-state index < -0.39 is 0 Å². The van der Waals surface area contributed by atoms with Crippen molar-refractivity contribution in [1.29, 1.82) is 0 Å². The van der Waals surface area contributed by atoms with Gasteiger partial charge in [0.25, 0.3) is 5.91 Å². The van der Waals surface area contributed by atoms with Crippen LogP contribution in [0.2, 0.25) is 0 Å². The molecule has 0 unspecified atom stereocenters. The second-order valence-electron chi connectivity index (χ2n) is 5.08. The lowest BCUT2D eigenvalue weighted by Gasteiger charge is -2.08. The molecule has 2 heterocycles. The van der Waals surface area contributed by atoms with Crippen molar-refractivity contribution in [2.24, 2.45) is 7.05 Å². The SMILES string of the molecule is CCc1cc(C(=O)NCc2c(C)nn(C)c2C)cc(N)n1. The standard InChI is InChI=1S/C15H21N5O/c1-5-12-6-11(7-14(16)18-12)15(21)17-8-13-9(2)19-20(4)10(13)3/h6-7H,5,8H2,1-4H3,(H2,16,18)(H,17,21). The fourth-order valence-electron chi connectivity index (χ4n) is 2.27. The molecule has 0 saturated carbocycles. The van der Waals surface area contributed by atoms with Gasteiger partial charge in [0.15, 0.2) is 0 Å². The van der Waals surface area contributed by atoms with Crippen molar-refractivity contribution in [3.8, 4) is 0 Å². The van der Waals surface area contributed by atoms with Gasteiger partial charge < -0.3 is 11.1 Å². The summed E-state index contributed by atoms with van der Waals surface area (Å²) in [5, 5.41) is 7.25. The molecule has 0 radical (unpaired) electrons. The molecule has 0 aromatic carbocycles. The molecule has 0 fully saturated rings. The number of carbonyl (C=O) groups is 1. The number of anilines is 1. The Morgan fingerprint density at radius 2 is 2.10 bits per heavy atom. The van der Waals surface area contributed by atoms with Gasteiger partial charge in [0, 0.05) is 36.1 Å². The number of aromatic nitrogens is 3. The number of carbonyl (C=O) groups excluding carboxylic acids is 1. The van der Waals surface area contributed by atoms with E-state index in [1.54, 1.807) is 12.1 Å². The zero-order chi connectivity index (χ0) is 15.6. The van der Waals surface area contributed by atoms with Crippen molar-refractivity contribution >= 4 is 11.7 Å². The first-order valence-electron chi connectivity index (χ1n) is 6.96. The second-order valence-corrected chi connectivity index (χ2v) is 5.08. The Bertz CT molecular complexity index is 675. The van der Waals surface area contributed by atoms with Gasteiger partial charge in [-0.15, -0.1) is 0 Å². The number of hydrogen-bond acceptors (Lipinski definition) is 4. The van der Waals surface area contributed by atoms with E-state index in [4.69, 9.17) is 5.73 Å². The van der Waals surface area contributed by atoms with Gasteiger partial charge in [-0.3, -0.25) is 9.48 Å². The minimum Gasteiger partial charge on any atom is -0.384 e. The monoisotopic (exact) mass is 287 g/mol. The maximum atomic E-state index is 12.2. The molecule has 2 aromatic heterocycles. The predicted octanol–water partition coefficient (Wildman–Crippen LogP) is 1.51. The third-order valence-electron chi connectivity index (χ3n) is 3.61. The fraction of sp³-hybridized carbons (Fsp3) is 0.400. The van der Waals surface area contributed by atoms with Crippen LogP contribution in [0, 0.1) is 13.8 Å². The van der Waals surface area contributed by atoms with Crippen LogP contribution in [0.4, 0.5) is 5.82 Å². The van der Waals surface area contributed by atoms with E-state index >= 15 is 0 Å². The van der Waals surface area contributed by atoms with Crippen LogP contribution in [0.5, 0.6) is 0 Å². The van der Waals surface area contributed by atoms with E-state index in [9.17, 15) is 4.79 Å². The highest BCUT2D eigenvalue weighted by atomic mass is 16.1. The van der Waals surface area contributed by atoms with Gasteiger partial charge in [0.05, 0.1) is 5.69 Å². The Kier molecular flexibility index (Phi) is 4.26. The van der Waals surface area contributed by atoms with E-state index in [1.807, 2.05) is 32.5 Å². The van der Waals surface area contributed by atoms with Crippen molar-refractivity contribution in [1.82, 2.24) is 20.1 Å². The van der Waals surface area contributed by atoms with Crippen molar-refractivity contribution in [3.05, 3.63) is 40.3 Å². The first kappa shape index (κ1) is 15.0. The van der Waals surface area contributed by atoms with Crippen molar-refractivity contribution in [2.75, 3.05) is 5.73 Å². The molecule has 2 aromatic rings. The molecule has 0 aliphatic rings. The predicted molar refractivity (Wildman–Crippen MR) is 81.9 cm³/mol. The van der Waals surface area contributed by atoms with Crippen LogP contribution >= 0.6 is 0 Å². The first-order chi connectivity index (χ1) is 9.92. The lowest BCUT2D eigenvalue weighted by Crippen LogP contribution is -2.24.